The Hall–Kier alpha value is -1.06. The number of hydrogen-bond acceptors (Lipinski definition) is 3. The molecule has 2 fully saturated rings. The SMILES string of the molecule is CC(=O)C1(C2CCCC2)CCN(C(=O)OC(C)(C)C)CC1. The van der Waals surface area contributed by atoms with Crippen LogP contribution >= 0.6 is 0 Å². The molecule has 0 spiro atoms. The van der Waals surface area contributed by atoms with E-state index in [2.05, 4.69) is 0 Å². The van der Waals surface area contributed by atoms with E-state index in [1.165, 1.54) is 25.7 Å². The Bertz CT molecular complexity index is 397. The van der Waals surface area contributed by atoms with Crippen molar-refractivity contribution >= 4 is 11.9 Å². The summed E-state index contributed by atoms with van der Waals surface area (Å²) in [6, 6.07) is 0. The zero-order valence-electron chi connectivity index (χ0n) is 13.9. The maximum absolute atomic E-state index is 12.3. The lowest BCUT2D eigenvalue weighted by molar-refractivity contribution is -0.133. The molecule has 0 aromatic rings. The Morgan fingerprint density at radius 1 is 1.10 bits per heavy atom. The lowest BCUT2D eigenvalue weighted by Gasteiger charge is -2.44. The zero-order chi connectivity index (χ0) is 15.7. The minimum atomic E-state index is -0.461. The van der Waals surface area contributed by atoms with Gasteiger partial charge in [0.25, 0.3) is 0 Å². The number of ether oxygens (including phenoxy) is 1. The largest absolute Gasteiger partial charge is 0.444 e. The molecule has 1 aliphatic heterocycles. The summed E-state index contributed by atoms with van der Waals surface area (Å²) in [6.07, 6.45) is 6.19. The van der Waals surface area contributed by atoms with Crippen LogP contribution in [0.5, 0.6) is 0 Å². The molecule has 1 aliphatic carbocycles. The molecule has 120 valence electrons. The van der Waals surface area contributed by atoms with Crippen LogP contribution in [0.1, 0.15) is 66.2 Å². The second-order valence-corrected chi connectivity index (χ2v) is 7.66. The summed E-state index contributed by atoms with van der Waals surface area (Å²) in [5.74, 6) is 0.842. The van der Waals surface area contributed by atoms with Crippen molar-refractivity contribution in [2.24, 2.45) is 11.3 Å². The smallest absolute Gasteiger partial charge is 0.410 e. The van der Waals surface area contributed by atoms with Gasteiger partial charge in [-0.15, -0.1) is 0 Å². The number of nitrogens with zero attached hydrogens (tertiary/aromatic N) is 1. The van der Waals surface area contributed by atoms with Gasteiger partial charge in [0, 0.05) is 18.5 Å². The Balaban J connectivity index is 2.00. The quantitative estimate of drug-likeness (QED) is 0.779. The molecule has 4 nitrogen and oxygen atoms in total. The predicted molar refractivity (Wildman–Crippen MR) is 82.1 cm³/mol. The van der Waals surface area contributed by atoms with Crippen LogP contribution in [-0.2, 0) is 9.53 Å². The van der Waals surface area contributed by atoms with Gasteiger partial charge in [0.1, 0.15) is 11.4 Å². The molecular weight excluding hydrogens is 266 g/mol. The minimum Gasteiger partial charge on any atom is -0.444 e. The topological polar surface area (TPSA) is 46.6 Å². The van der Waals surface area contributed by atoms with E-state index in [-0.39, 0.29) is 11.5 Å². The van der Waals surface area contributed by atoms with Crippen LogP contribution in [0, 0.1) is 11.3 Å². The van der Waals surface area contributed by atoms with Crippen molar-refractivity contribution in [1.82, 2.24) is 4.90 Å². The average molecular weight is 295 g/mol. The molecule has 0 N–H and O–H groups in total. The van der Waals surface area contributed by atoms with Crippen LogP contribution in [0.2, 0.25) is 0 Å². The Kier molecular flexibility index (Phi) is 4.64. The molecule has 4 heteroatoms. The van der Waals surface area contributed by atoms with E-state index in [9.17, 15) is 9.59 Å². The fourth-order valence-electron chi connectivity index (χ4n) is 3.94. The highest BCUT2D eigenvalue weighted by Crippen LogP contribution is 2.47. The third kappa shape index (κ3) is 3.58. The van der Waals surface area contributed by atoms with E-state index in [1.54, 1.807) is 11.8 Å². The molecule has 0 unspecified atom stereocenters. The zero-order valence-corrected chi connectivity index (χ0v) is 13.9. The molecule has 0 radical (unpaired) electrons. The fraction of sp³-hybridized carbons (Fsp3) is 0.882. The number of likely N-dealkylation sites (tertiary alicyclic amines) is 1. The standard InChI is InChI=1S/C17H29NO3/c1-13(19)17(14-7-5-6-8-14)9-11-18(12-10-17)15(20)21-16(2,3)4/h14H,5-12H2,1-4H3. The van der Waals surface area contributed by atoms with E-state index in [1.807, 2.05) is 20.8 Å². The van der Waals surface area contributed by atoms with Crippen molar-refractivity contribution in [2.45, 2.75) is 71.8 Å². The third-order valence-electron chi connectivity index (χ3n) is 5.15. The van der Waals surface area contributed by atoms with Crippen LogP contribution in [-0.4, -0.2) is 35.5 Å². The third-order valence-corrected chi connectivity index (χ3v) is 5.15. The van der Waals surface area contributed by atoms with Crippen molar-refractivity contribution in [3.05, 3.63) is 0 Å². The van der Waals surface area contributed by atoms with E-state index >= 15 is 0 Å². The van der Waals surface area contributed by atoms with Crippen LogP contribution in [0.15, 0.2) is 0 Å². The number of carbonyl (C=O) groups is 2. The average Bonchev–Trinajstić information content (AvgIpc) is 2.90. The molecule has 0 atom stereocenters. The summed E-state index contributed by atoms with van der Waals surface area (Å²) >= 11 is 0. The Morgan fingerprint density at radius 2 is 1.62 bits per heavy atom. The van der Waals surface area contributed by atoms with Gasteiger partial charge >= 0.3 is 6.09 Å². The predicted octanol–water partition coefficient (Wildman–Crippen LogP) is 3.78. The van der Waals surface area contributed by atoms with Gasteiger partial charge in [-0.25, -0.2) is 4.79 Å². The lowest BCUT2D eigenvalue weighted by Crippen LogP contribution is -2.50. The summed E-state index contributed by atoms with van der Waals surface area (Å²) in [5.41, 5.74) is -0.646. The summed E-state index contributed by atoms with van der Waals surface area (Å²) in [6.45, 7) is 8.67. The van der Waals surface area contributed by atoms with E-state index in [0.717, 1.165) is 12.8 Å². The summed E-state index contributed by atoms with van der Waals surface area (Å²) in [5, 5.41) is 0. The molecule has 21 heavy (non-hydrogen) atoms. The number of Topliss-reactive ketones (excluding diaryl/α,β-unsaturated/α-hetero) is 1. The van der Waals surface area contributed by atoms with Crippen LogP contribution < -0.4 is 0 Å². The molecular formula is C17H29NO3. The first-order chi connectivity index (χ1) is 9.74. The number of rotatable bonds is 2. The van der Waals surface area contributed by atoms with Gasteiger partial charge in [-0.05, 0) is 59.3 Å². The van der Waals surface area contributed by atoms with Crippen LogP contribution in [0.3, 0.4) is 0 Å². The van der Waals surface area contributed by atoms with Gasteiger partial charge in [-0.3, -0.25) is 4.79 Å². The Morgan fingerprint density at radius 3 is 2.05 bits per heavy atom. The first-order valence-corrected chi connectivity index (χ1v) is 8.23. The van der Waals surface area contributed by atoms with E-state index < -0.39 is 5.60 Å². The van der Waals surface area contributed by atoms with Crippen molar-refractivity contribution in [3.63, 3.8) is 0 Å². The molecule has 0 aromatic heterocycles. The first-order valence-electron chi connectivity index (χ1n) is 8.23. The van der Waals surface area contributed by atoms with Crippen molar-refractivity contribution in [2.75, 3.05) is 13.1 Å². The second kappa shape index (κ2) is 5.98. The fourth-order valence-corrected chi connectivity index (χ4v) is 3.94. The first kappa shape index (κ1) is 16.3. The van der Waals surface area contributed by atoms with Crippen molar-refractivity contribution in [3.8, 4) is 0 Å². The summed E-state index contributed by atoms with van der Waals surface area (Å²) < 4.78 is 5.43. The summed E-state index contributed by atoms with van der Waals surface area (Å²) in [7, 11) is 0. The molecule has 0 bridgehead atoms. The molecule has 2 aliphatic rings. The second-order valence-electron chi connectivity index (χ2n) is 7.66. The number of carbonyl (C=O) groups excluding carboxylic acids is 2. The van der Waals surface area contributed by atoms with Gasteiger partial charge < -0.3 is 9.64 Å². The maximum atomic E-state index is 12.3. The molecule has 0 aromatic carbocycles. The lowest BCUT2D eigenvalue weighted by atomic mass is 9.65. The molecule has 1 saturated carbocycles. The Labute approximate surface area is 128 Å². The molecule has 1 saturated heterocycles. The molecule has 2 rings (SSSR count). The molecule has 1 heterocycles. The van der Waals surface area contributed by atoms with Crippen molar-refractivity contribution in [1.29, 1.82) is 0 Å². The van der Waals surface area contributed by atoms with Crippen LogP contribution in [0.25, 0.3) is 0 Å². The van der Waals surface area contributed by atoms with Gasteiger partial charge in [0.05, 0.1) is 0 Å². The highest BCUT2D eigenvalue weighted by Gasteiger charge is 2.46. The highest BCUT2D eigenvalue weighted by molar-refractivity contribution is 5.83. The number of amides is 1. The number of piperidine rings is 1. The van der Waals surface area contributed by atoms with E-state index in [0.29, 0.717) is 24.8 Å². The number of ketones is 1. The minimum absolute atomic E-state index is 0.186. The molecule has 1 amide bonds. The maximum Gasteiger partial charge on any atom is 0.410 e. The normalized spacial score (nSPS) is 23.1. The van der Waals surface area contributed by atoms with Crippen molar-refractivity contribution < 1.29 is 14.3 Å². The highest BCUT2D eigenvalue weighted by atomic mass is 16.6. The van der Waals surface area contributed by atoms with Crippen LogP contribution in [0.4, 0.5) is 4.79 Å². The van der Waals surface area contributed by atoms with Gasteiger partial charge in [0.15, 0.2) is 0 Å². The summed E-state index contributed by atoms with van der Waals surface area (Å²) in [4.78, 5) is 26.2. The van der Waals surface area contributed by atoms with Gasteiger partial charge in [-0.1, -0.05) is 12.8 Å². The monoisotopic (exact) mass is 295 g/mol. The number of hydrogen-bond donors (Lipinski definition) is 0. The van der Waals surface area contributed by atoms with Gasteiger partial charge in [-0.2, -0.15) is 0 Å². The van der Waals surface area contributed by atoms with Gasteiger partial charge in [0.2, 0.25) is 0 Å². The van der Waals surface area contributed by atoms with E-state index in [4.69, 9.17) is 4.74 Å².